The Hall–Kier alpha value is -3.19. The molecule has 8 heteroatoms. The van der Waals surface area contributed by atoms with Gasteiger partial charge in [-0.3, -0.25) is 9.69 Å². The van der Waals surface area contributed by atoms with Crippen LogP contribution >= 0.6 is 11.6 Å². The minimum atomic E-state index is -1.02. The summed E-state index contributed by atoms with van der Waals surface area (Å²) in [5.74, 6) is 0.201. The van der Waals surface area contributed by atoms with E-state index in [2.05, 4.69) is 15.5 Å². The summed E-state index contributed by atoms with van der Waals surface area (Å²) in [5, 5.41) is 7.35. The lowest BCUT2D eigenvalue weighted by atomic mass is 9.76. The molecule has 146 valence electrons. The topological polar surface area (TPSA) is 88.3 Å². The SMILES string of the molecule is O=C1NC2(CCCc3ccccc32)C(=O)N1Cc1nc(-c2ccccc2Cl)no1. The number of carbonyl (C=O) groups excluding carboxylic acids is 2. The number of urea groups is 1. The van der Waals surface area contributed by atoms with Crippen LogP contribution in [0.5, 0.6) is 0 Å². The molecule has 29 heavy (non-hydrogen) atoms. The molecule has 1 aromatic heterocycles. The van der Waals surface area contributed by atoms with Crippen LogP contribution < -0.4 is 5.32 Å². The minimum Gasteiger partial charge on any atom is -0.337 e. The Morgan fingerprint density at radius 1 is 1.14 bits per heavy atom. The summed E-state index contributed by atoms with van der Waals surface area (Å²) in [5.41, 5.74) is 1.57. The summed E-state index contributed by atoms with van der Waals surface area (Å²) in [6.45, 7) is -0.0912. The van der Waals surface area contributed by atoms with E-state index < -0.39 is 11.6 Å². The number of imide groups is 1. The van der Waals surface area contributed by atoms with E-state index in [1.54, 1.807) is 12.1 Å². The van der Waals surface area contributed by atoms with Crippen LogP contribution in [-0.2, 0) is 23.3 Å². The van der Waals surface area contributed by atoms with E-state index >= 15 is 0 Å². The summed E-state index contributed by atoms with van der Waals surface area (Å²) in [6, 6.07) is 14.4. The number of halogens is 1. The quantitative estimate of drug-likeness (QED) is 0.668. The van der Waals surface area contributed by atoms with Crippen LogP contribution in [0.1, 0.15) is 29.9 Å². The molecule has 1 saturated heterocycles. The van der Waals surface area contributed by atoms with Gasteiger partial charge in [-0.05, 0) is 42.5 Å². The normalized spacial score (nSPS) is 20.8. The van der Waals surface area contributed by atoms with E-state index in [0.717, 1.165) is 28.9 Å². The molecule has 3 aromatic rings. The Morgan fingerprint density at radius 2 is 1.93 bits per heavy atom. The highest BCUT2D eigenvalue weighted by atomic mass is 35.5. The molecule has 1 spiro atoms. The minimum absolute atomic E-state index is 0.0912. The predicted molar refractivity (Wildman–Crippen MR) is 105 cm³/mol. The molecular formula is C21H17ClN4O3. The van der Waals surface area contributed by atoms with Gasteiger partial charge in [0.15, 0.2) is 0 Å². The molecular weight excluding hydrogens is 392 g/mol. The molecule has 1 atom stereocenters. The fourth-order valence-corrected chi connectivity index (χ4v) is 4.38. The molecule has 1 fully saturated rings. The first kappa shape index (κ1) is 17.9. The van der Waals surface area contributed by atoms with E-state index in [0.29, 0.717) is 22.8 Å². The van der Waals surface area contributed by atoms with Gasteiger partial charge in [0, 0.05) is 5.56 Å². The average Bonchev–Trinajstić information content (AvgIpc) is 3.28. The number of aryl methyl sites for hydroxylation is 1. The first-order chi connectivity index (χ1) is 14.1. The zero-order chi connectivity index (χ0) is 20.0. The van der Waals surface area contributed by atoms with Gasteiger partial charge in [-0.25, -0.2) is 4.79 Å². The molecule has 2 heterocycles. The number of nitrogens with one attached hydrogen (secondary N) is 1. The van der Waals surface area contributed by atoms with Gasteiger partial charge < -0.3 is 9.84 Å². The molecule has 2 aromatic carbocycles. The second kappa shape index (κ2) is 6.70. The molecule has 5 rings (SSSR count). The number of hydrogen-bond acceptors (Lipinski definition) is 5. The van der Waals surface area contributed by atoms with Gasteiger partial charge in [0.2, 0.25) is 11.7 Å². The van der Waals surface area contributed by atoms with Crippen LogP contribution in [0.3, 0.4) is 0 Å². The number of carbonyl (C=O) groups is 2. The molecule has 3 amide bonds. The van der Waals surface area contributed by atoms with Gasteiger partial charge >= 0.3 is 6.03 Å². The van der Waals surface area contributed by atoms with Gasteiger partial charge in [0.25, 0.3) is 5.91 Å². The maximum Gasteiger partial charge on any atom is 0.325 e. The number of nitrogens with zero attached hydrogens (tertiary/aromatic N) is 3. The average molecular weight is 409 g/mol. The maximum atomic E-state index is 13.3. The van der Waals surface area contributed by atoms with Crippen LogP contribution in [0.25, 0.3) is 11.4 Å². The van der Waals surface area contributed by atoms with E-state index in [9.17, 15) is 9.59 Å². The Labute approximate surface area is 171 Å². The van der Waals surface area contributed by atoms with Gasteiger partial charge in [0.05, 0.1) is 5.02 Å². The summed E-state index contributed by atoms with van der Waals surface area (Å²) in [6.07, 6.45) is 2.29. The van der Waals surface area contributed by atoms with Crippen LogP contribution in [0.15, 0.2) is 53.1 Å². The van der Waals surface area contributed by atoms with Crippen molar-refractivity contribution in [3.63, 3.8) is 0 Å². The van der Waals surface area contributed by atoms with E-state index in [1.165, 1.54) is 0 Å². The largest absolute Gasteiger partial charge is 0.337 e. The van der Waals surface area contributed by atoms with Crippen molar-refractivity contribution in [1.82, 2.24) is 20.4 Å². The van der Waals surface area contributed by atoms with Crippen molar-refractivity contribution in [2.75, 3.05) is 0 Å². The molecule has 0 bridgehead atoms. The fraction of sp³-hybridized carbons (Fsp3) is 0.238. The molecule has 1 aliphatic heterocycles. The van der Waals surface area contributed by atoms with Gasteiger partial charge in [-0.1, -0.05) is 53.2 Å². The third kappa shape index (κ3) is 2.81. The Bertz CT molecular complexity index is 1130. The highest BCUT2D eigenvalue weighted by Gasteiger charge is 2.54. The van der Waals surface area contributed by atoms with Crippen molar-refractivity contribution in [2.45, 2.75) is 31.3 Å². The first-order valence-corrected chi connectivity index (χ1v) is 9.76. The number of rotatable bonds is 3. The van der Waals surface area contributed by atoms with Gasteiger partial charge in [-0.15, -0.1) is 0 Å². The van der Waals surface area contributed by atoms with Gasteiger partial charge in [0.1, 0.15) is 12.1 Å². The lowest BCUT2D eigenvalue weighted by Crippen LogP contribution is -2.46. The molecule has 1 aliphatic carbocycles. The molecule has 1 unspecified atom stereocenters. The summed E-state index contributed by atoms with van der Waals surface area (Å²) < 4.78 is 5.28. The number of amides is 3. The molecule has 1 N–H and O–H groups in total. The van der Waals surface area contributed by atoms with Crippen LogP contribution in [-0.4, -0.2) is 27.0 Å². The lowest BCUT2D eigenvalue weighted by molar-refractivity contribution is -0.132. The predicted octanol–water partition coefficient (Wildman–Crippen LogP) is 3.67. The molecule has 0 radical (unpaired) electrons. The van der Waals surface area contributed by atoms with Crippen molar-refractivity contribution >= 4 is 23.5 Å². The Balaban J connectivity index is 1.44. The summed E-state index contributed by atoms with van der Waals surface area (Å²) in [4.78, 5) is 31.5. The van der Waals surface area contributed by atoms with E-state index in [1.807, 2.05) is 36.4 Å². The zero-order valence-corrected chi connectivity index (χ0v) is 16.1. The number of aromatic nitrogens is 2. The molecule has 2 aliphatic rings. The standard InChI is InChI=1S/C21H17ClN4O3/c22-16-10-4-2-8-14(16)18-23-17(29-25-18)12-26-19(27)21(24-20(26)28)11-5-7-13-6-1-3-9-15(13)21/h1-4,6,8-10H,5,7,11-12H2,(H,24,28). The number of hydrogen-bond donors (Lipinski definition) is 1. The summed E-state index contributed by atoms with van der Waals surface area (Å²) in [7, 11) is 0. The van der Waals surface area contributed by atoms with Crippen LogP contribution in [0, 0.1) is 0 Å². The van der Waals surface area contributed by atoms with Crippen molar-refractivity contribution < 1.29 is 14.1 Å². The molecule has 7 nitrogen and oxygen atoms in total. The van der Waals surface area contributed by atoms with Crippen LogP contribution in [0.2, 0.25) is 5.02 Å². The van der Waals surface area contributed by atoms with E-state index in [-0.39, 0.29) is 18.3 Å². The second-order valence-electron chi connectivity index (χ2n) is 7.23. The lowest BCUT2D eigenvalue weighted by Gasteiger charge is -2.33. The fourth-order valence-electron chi connectivity index (χ4n) is 4.16. The Kier molecular flexibility index (Phi) is 4.13. The van der Waals surface area contributed by atoms with Crippen molar-refractivity contribution in [3.8, 4) is 11.4 Å². The van der Waals surface area contributed by atoms with Gasteiger partial charge in [-0.2, -0.15) is 4.98 Å². The van der Waals surface area contributed by atoms with Crippen molar-refractivity contribution in [2.24, 2.45) is 0 Å². The second-order valence-corrected chi connectivity index (χ2v) is 7.64. The third-order valence-corrected chi connectivity index (χ3v) is 5.86. The number of benzene rings is 2. The summed E-state index contributed by atoms with van der Waals surface area (Å²) >= 11 is 6.18. The van der Waals surface area contributed by atoms with Crippen LogP contribution in [0.4, 0.5) is 4.79 Å². The van der Waals surface area contributed by atoms with Crippen molar-refractivity contribution in [3.05, 3.63) is 70.6 Å². The monoisotopic (exact) mass is 408 g/mol. The maximum absolute atomic E-state index is 13.3. The zero-order valence-electron chi connectivity index (χ0n) is 15.4. The van der Waals surface area contributed by atoms with Crippen molar-refractivity contribution in [1.29, 1.82) is 0 Å². The first-order valence-electron chi connectivity index (χ1n) is 9.38. The smallest absolute Gasteiger partial charge is 0.325 e. The highest BCUT2D eigenvalue weighted by Crippen LogP contribution is 2.40. The third-order valence-electron chi connectivity index (χ3n) is 5.53. The number of fused-ring (bicyclic) bond motifs is 2. The molecule has 0 saturated carbocycles. The highest BCUT2D eigenvalue weighted by molar-refractivity contribution is 6.33. The Morgan fingerprint density at radius 3 is 2.79 bits per heavy atom. The van der Waals surface area contributed by atoms with E-state index in [4.69, 9.17) is 16.1 Å².